The molecule has 3 heteroatoms. The largest absolute Gasteiger partial charge is 0.341 e. The highest BCUT2D eigenvalue weighted by Gasteiger charge is 2.33. The predicted octanol–water partition coefficient (Wildman–Crippen LogP) is 1.44. The number of nitrogens with zero attached hydrogens (tertiary/aromatic N) is 2. The third kappa shape index (κ3) is 3.49. The lowest BCUT2D eigenvalue weighted by Crippen LogP contribution is -2.37. The maximum absolute atomic E-state index is 11.8. The van der Waals surface area contributed by atoms with E-state index in [1.54, 1.807) is 0 Å². The first-order valence-electron chi connectivity index (χ1n) is 5.73. The standard InChI is InChI=1S/C12H24N2O/c1-12(2,3)10-6-7-14(8-10)11(15)9-13(4)5/h10H,6-9H2,1-5H3. The lowest BCUT2D eigenvalue weighted by atomic mass is 9.80. The van der Waals surface area contributed by atoms with E-state index in [1.807, 2.05) is 23.9 Å². The summed E-state index contributed by atoms with van der Waals surface area (Å²) in [4.78, 5) is 15.8. The number of rotatable bonds is 2. The van der Waals surface area contributed by atoms with E-state index in [1.165, 1.54) is 0 Å². The number of likely N-dealkylation sites (tertiary alicyclic amines) is 1. The normalized spacial score (nSPS) is 22.5. The summed E-state index contributed by atoms with van der Waals surface area (Å²) in [6.45, 7) is 9.20. The molecule has 0 radical (unpaired) electrons. The molecule has 1 heterocycles. The van der Waals surface area contributed by atoms with Crippen LogP contribution in [-0.2, 0) is 4.79 Å². The first kappa shape index (κ1) is 12.5. The second-order valence-corrected chi connectivity index (χ2v) is 5.93. The summed E-state index contributed by atoms with van der Waals surface area (Å²) >= 11 is 0. The van der Waals surface area contributed by atoms with Gasteiger partial charge >= 0.3 is 0 Å². The molecule has 1 saturated heterocycles. The molecule has 0 aromatic heterocycles. The minimum Gasteiger partial charge on any atom is -0.341 e. The lowest BCUT2D eigenvalue weighted by molar-refractivity contribution is -0.131. The predicted molar refractivity (Wildman–Crippen MR) is 62.7 cm³/mol. The Bertz CT molecular complexity index is 230. The van der Waals surface area contributed by atoms with Crippen LogP contribution < -0.4 is 0 Å². The average molecular weight is 212 g/mol. The Kier molecular flexibility index (Phi) is 3.77. The molecule has 1 rings (SSSR count). The molecule has 1 aliphatic rings. The number of hydrogen-bond acceptors (Lipinski definition) is 2. The second-order valence-electron chi connectivity index (χ2n) is 5.93. The number of hydrogen-bond donors (Lipinski definition) is 0. The molecule has 15 heavy (non-hydrogen) atoms. The third-order valence-corrected chi connectivity index (χ3v) is 3.22. The molecule has 3 nitrogen and oxygen atoms in total. The van der Waals surface area contributed by atoms with Crippen LogP contribution in [0.2, 0.25) is 0 Å². The summed E-state index contributed by atoms with van der Waals surface area (Å²) in [7, 11) is 3.88. The van der Waals surface area contributed by atoms with Crippen LogP contribution in [0.15, 0.2) is 0 Å². The van der Waals surface area contributed by atoms with Crippen molar-refractivity contribution >= 4 is 5.91 Å². The first-order valence-corrected chi connectivity index (χ1v) is 5.73. The summed E-state index contributed by atoms with van der Waals surface area (Å²) in [5.41, 5.74) is 0.327. The van der Waals surface area contributed by atoms with E-state index < -0.39 is 0 Å². The summed E-state index contributed by atoms with van der Waals surface area (Å²) < 4.78 is 0. The summed E-state index contributed by atoms with van der Waals surface area (Å²) in [5.74, 6) is 0.926. The van der Waals surface area contributed by atoms with Gasteiger partial charge in [0.25, 0.3) is 0 Å². The number of carbonyl (C=O) groups is 1. The SMILES string of the molecule is CN(C)CC(=O)N1CCC(C(C)(C)C)C1. The molecule has 0 aromatic rings. The van der Waals surface area contributed by atoms with Crippen LogP contribution in [0.5, 0.6) is 0 Å². The minimum atomic E-state index is 0.270. The van der Waals surface area contributed by atoms with Crippen molar-refractivity contribution in [3.63, 3.8) is 0 Å². The Balaban J connectivity index is 2.46. The van der Waals surface area contributed by atoms with Gasteiger partial charge in [-0.05, 0) is 31.8 Å². The van der Waals surface area contributed by atoms with Gasteiger partial charge in [-0.2, -0.15) is 0 Å². The van der Waals surface area contributed by atoms with E-state index in [0.29, 0.717) is 17.9 Å². The van der Waals surface area contributed by atoms with Gasteiger partial charge in [0.15, 0.2) is 0 Å². The maximum atomic E-state index is 11.8. The monoisotopic (exact) mass is 212 g/mol. The van der Waals surface area contributed by atoms with Crippen molar-refractivity contribution in [1.82, 2.24) is 9.80 Å². The molecular weight excluding hydrogens is 188 g/mol. The fourth-order valence-electron chi connectivity index (χ4n) is 2.06. The highest BCUT2D eigenvalue weighted by molar-refractivity contribution is 5.78. The lowest BCUT2D eigenvalue weighted by Gasteiger charge is -2.27. The number of likely N-dealkylation sites (N-methyl/N-ethyl adjacent to an activating group) is 1. The summed E-state index contributed by atoms with van der Waals surface area (Å²) in [5, 5.41) is 0. The Morgan fingerprint density at radius 2 is 2.00 bits per heavy atom. The van der Waals surface area contributed by atoms with E-state index in [-0.39, 0.29) is 5.91 Å². The zero-order chi connectivity index (χ0) is 11.6. The topological polar surface area (TPSA) is 23.6 Å². The smallest absolute Gasteiger partial charge is 0.236 e. The molecule has 0 bridgehead atoms. The van der Waals surface area contributed by atoms with Gasteiger partial charge in [-0.1, -0.05) is 20.8 Å². The summed E-state index contributed by atoms with van der Waals surface area (Å²) in [6, 6.07) is 0. The molecule has 0 aromatic carbocycles. The van der Waals surface area contributed by atoms with Gasteiger partial charge in [-0.3, -0.25) is 4.79 Å². The van der Waals surface area contributed by atoms with E-state index in [9.17, 15) is 4.79 Å². The third-order valence-electron chi connectivity index (χ3n) is 3.22. The van der Waals surface area contributed by atoms with Crippen LogP contribution in [0.4, 0.5) is 0 Å². The molecule has 88 valence electrons. The van der Waals surface area contributed by atoms with Crippen molar-refractivity contribution in [3.05, 3.63) is 0 Å². The van der Waals surface area contributed by atoms with Crippen LogP contribution in [0.25, 0.3) is 0 Å². The van der Waals surface area contributed by atoms with Crippen molar-refractivity contribution < 1.29 is 4.79 Å². The van der Waals surface area contributed by atoms with E-state index in [2.05, 4.69) is 20.8 Å². The van der Waals surface area contributed by atoms with Gasteiger partial charge < -0.3 is 9.80 Å². The molecule has 1 amide bonds. The van der Waals surface area contributed by atoms with Crippen LogP contribution in [0.3, 0.4) is 0 Å². The molecule has 0 spiro atoms. The van der Waals surface area contributed by atoms with Crippen molar-refractivity contribution in [2.24, 2.45) is 11.3 Å². The first-order chi connectivity index (χ1) is 6.80. The zero-order valence-electron chi connectivity index (χ0n) is 10.7. The fourth-order valence-corrected chi connectivity index (χ4v) is 2.06. The zero-order valence-corrected chi connectivity index (χ0v) is 10.7. The van der Waals surface area contributed by atoms with Gasteiger partial charge in [0.1, 0.15) is 0 Å². The van der Waals surface area contributed by atoms with E-state index >= 15 is 0 Å². The summed E-state index contributed by atoms with van der Waals surface area (Å²) in [6.07, 6.45) is 1.16. The molecule has 0 N–H and O–H groups in total. The molecule has 0 saturated carbocycles. The molecule has 0 aliphatic carbocycles. The molecule has 1 aliphatic heterocycles. The minimum absolute atomic E-state index is 0.270. The van der Waals surface area contributed by atoms with E-state index in [0.717, 1.165) is 19.5 Å². The van der Waals surface area contributed by atoms with Crippen molar-refractivity contribution in [2.45, 2.75) is 27.2 Å². The maximum Gasteiger partial charge on any atom is 0.236 e. The molecule has 1 atom stereocenters. The Morgan fingerprint density at radius 1 is 1.40 bits per heavy atom. The van der Waals surface area contributed by atoms with Gasteiger partial charge in [-0.25, -0.2) is 0 Å². The van der Waals surface area contributed by atoms with Crippen molar-refractivity contribution in [1.29, 1.82) is 0 Å². The average Bonchev–Trinajstić information content (AvgIpc) is 2.48. The molecule has 1 fully saturated rings. The van der Waals surface area contributed by atoms with Gasteiger partial charge in [-0.15, -0.1) is 0 Å². The second kappa shape index (κ2) is 4.52. The van der Waals surface area contributed by atoms with Crippen LogP contribution in [0, 0.1) is 11.3 Å². The van der Waals surface area contributed by atoms with Gasteiger partial charge in [0.05, 0.1) is 6.54 Å². The number of carbonyl (C=O) groups excluding carboxylic acids is 1. The highest BCUT2D eigenvalue weighted by Crippen LogP contribution is 2.33. The Morgan fingerprint density at radius 3 is 2.40 bits per heavy atom. The van der Waals surface area contributed by atoms with Crippen molar-refractivity contribution in [3.8, 4) is 0 Å². The molecule has 1 unspecified atom stereocenters. The van der Waals surface area contributed by atoms with Crippen LogP contribution in [0.1, 0.15) is 27.2 Å². The highest BCUT2D eigenvalue weighted by atomic mass is 16.2. The van der Waals surface area contributed by atoms with E-state index in [4.69, 9.17) is 0 Å². The van der Waals surface area contributed by atoms with Gasteiger partial charge in [0.2, 0.25) is 5.91 Å². The quantitative estimate of drug-likeness (QED) is 0.691. The fraction of sp³-hybridized carbons (Fsp3) is 0.917. The Hall–Kier alpha value is -0.570. The van der Waals surface area contributed by atoms with Crippen LogP contribution in [-0.4, -0.2) is 49.4 Å². The van der Waals surface area contributed by atoms with Crippen molar-refractivity contribution in [2.75, 3.05) is 33.7 Å². The van der Waals surface area contributed by atoms with Gasteiger partial charge in [0, 0.05) is 13.1 Å². The van der Waals surface area contributed by atoms with Crippen LogP contribution >= 0.6 is 0 Å². The number of amides is 1. The molecular formula is C12H24N2O. The Labute approximate surface area is 93.4 Å².